The molecule has 0 saturated carbocycles. The minimum Gasteiger partial charge on any atom is -0.384 e. The molecule has 0 aromatic heterocycles. The average Bonchev–Trinajstić information content (AvgIpc) is 2.67. The van der Waals surface area contributed by atoms with Crippen LogP contribution in [0.4, 0.5) is 11.4 Å². The number of halogens is 1. The first-order valence-corrected chi connectivity index (χ1v) is 8.15. The number of likely N-dealkylation sites (tertiary alicyclic amines) is 1. The van der Waals surface area contributed by atoms with Crippen molar-refractivity contribution in [2.75, 3.05) is 31.5 Å². The van der Waals surface area contributed by atoms with Gasteiger partial charge in [0.15, 0.2) is 0 Å². The molecule has 20 heavy (non-hydrogen) atoms. The van der Waals surface area contributed by atoms with Gasteiger partial charge in [-0.3, -0.25) is 10.1 Å². The van der Waals surface area contributed by atoms with Crippen LogP contribution in [-0.2, 0) is 0 Å². The van der Waals surface area contributed by atoms with Gasteiger partial charge in [0.1, 0.15) is 0 Å². The van der Waals surface area contributed by atoms with Crippen LogP contribution < -0.4 is 5.32 Å². The first kappa shape index (κ1) is 15.5. The fraction of sp³-hybridized carbons (Fsp3) is 0.571. The lowest BCUT2D eigenvalue weighted by molar-refractivity contribution is -0.385. The highest BCUT2D eigenvalue weighted by Gasteiger charge is 2.12. The monoisotopic (exact) mass is 389 g/mol. The largest absolute Gasteiger partial charge is 0.384 e. The molecule has 0 amide bonds. The van der Waals surface area contributed by atoms with E-state index in [0.29, 0.717) is 3.57 Å². The van der Waals surface area contributed by atoms with E-state index in [1.54, 1.807) is 12.1 Å². The van der Waals surface area contributed by atoms with Gasteiger partial charge in [0.25, 0.3) is 5.69 Å². The van der Waals surface area contributed by atoms with E-state index >= 15 is 0 Å². The third kappa shape index (κ3) is 4.59. The first-order valence-electron chi connectivity index (χ1n) is 7.07. The lowest BCUT2D eigenvalue weighted by atomic mass is 10.2. The molecule has 1 aliphatic heterocycles. The van der Waals surface area contributed by atoms with Gasteiger partial charge in [0.05, 0.1) is 8.49 Å². The Morgan fingerprint density at radius 2 is 1.95 bits per heavy atom. The van der Waals surface area contributed by atoms with Gasteiger partial charge in [-0.25, -0.2) is 0 Å². The fourth-order valence-electron chi connectivity index (χ4n) is 2.48. The van der Waals surface area contributed by atoms with Gasteiger partial charge < -0.3 is 10.2 Å². The highest BCUT2D eigenvalue weighted by molar-refractivity contribution is 14.1. The van der Waals surface area contributed by atoms with E-state index in [9.17, 15) is 10.1 Å². The second kappa shape index (κ2) is 7.78. The van der Waals surface area contributed by atoms with E-state index in [0.717, 1.165) is 18.8 Å². The number of benzene rings is 1. The van der Waals surface area contributed by atoms with Crippen molar-refractivity contribution in [3.05, 3.63) is 31.9 Å². The van der Waals surface area contributed by atoms with Gasteiger partial charge in [0.2, 0.25) is 0 Å². The van der Waals surface area contributed by atoms with Crippen molar-refractivity contribution in [1.82, 2.24) is 4.90 Å². The summed E-state index contributed by atoms with van der Waals surface area (Å²) in [5.41, 5.74) is 1.12. The van der Waals surface area contributed by atoms with Gasteiger partial charge in [-0.1, -0.05) is 12.8 Å². The smallest absolute Gasteiger partial charge is 0.282 e. The van der Waals surface area contributed by atoms with Crippen molar-refractivity contribution in [2.24, 2.45) is 0 Å². The number of nitro groups is 1. The van der Waals surface area contributed by atoms with E-state index in [2.05, 4.69) is 10.2 Å². The third-order valence-corrected chi connectivity index (χ3v) is 4.46. The SMILES string of the molecule is O=[N+]([O-])c1ccc(NCCN2CCCCCC2)cc1I. The molecule has 1 fully saturated rings. The molecular weight excluding hydrogens is 369 g/mol. The minimum atomic E-state index is -0.344. The molecule has 1 aliphatic rings. The zero-order valence-electron chi connectivity index (χ0n) is 11.5. The Bertz CT molecular complexity index is 460. The van der Waals surface area contributed by atoms with E-state index in [-0.39, 0.29) is 10.6 Å². The highest BCUT2D eigenvalue weighted by Crippen LogP contribution is 2.24. The molecule has 1 N–H and O–H groups in total. The fourth-order valence-corrected chi connectivity index (χ4v) is 3.20. The van der Waals surface area contributed by atoms with Crippen molar-refractivity contribution in [3.8, 4) is 0 Å². The Morgan fingerprint density at radius 1 is 1.25 bits per heavy atom. The molecule has 1 aromatic rings. The molecule has 0 spiro atoms. The number of nitro benzene ring substituents is 1. The van der Waals surface area contributed by atoms with Crippen LogP contribution in [-0.4, -0.2) is 36.0 Å². The summed E-state index contributed by atoms with van der Waals surface area (Å²) in [7, 11) is 0. The van der Waals surface area contributed by atoms with E-state index < -0.39 is 0 Å². The number of nitrogens with one attached hydrogen (secondary N) is 1. The summed E-state index contributed by atoms with van der Waals surface area (Å²) in [6, 6.07) is 5.18. The van der Waals surface area contributed by atoms with Gasteiger partial charge >= 0.3 is 0 Å². The Morgan fingerprint density at radius 3 is 2.55 bits per heavy atom. The van der Waals surface area contributed by atoms with Crippen LogP contribution in [0.2, 0.25) is 0 Å². The van der Waals surface area contributed by atoms with Crippen LogP contribution in [0.3, 0.4) is 0 Å². The second-order valence-electron chi connectivity index (χ2n) is 5.11. The summed E-state index contributed by atoms with van der Waals surface area (Å²) in [4.78, 5) is 12.9. The number of hydrogen-bond acceptors (Lipinski definition) is 4. The summed E-state index contributed by atoms with van der Waals surface area (Å²) in [6.45, 7) is 4.31. The predicted molar refractivity (Wildman–Crippen MR) is 89.2 cm³/mol. The summed E-state index contributed by atoms with van der Waals surface area (Å²) in [6.07, 6.45) is 5.31. The van der Waals surface area contributed by atoms with Crippen molar-refractivity contribution in [1.29, 1.82) is 0 Å². The van der Waals surface area contributed by atoms with Crippen molar-refractivity contribution in [2.45, 2.75) is 25.7 Å². The lowest BCUT2D eigenvalue weighted by Crippen LogP contribution is -2.29. The maximum absolute atomic E-state index is 10.8. The van der Waals surface area contributed by atoms with Gasteiger partial charge in [-0.15, -0.1) is 0 Å². The minimum absolute atomic E-state index is 0.170. The summed E-state index contributed by atoms with van der Waals surface area (Å²) in [5.74, 6) is 0. The van der Waals surface area contributed by atoms with Gasteiger partial charge in [-0.05, 0) is 60.7 Å². The molecule has 0 unspecified atom stereocenters. The summed E-state index contributed by atoms with van der Waals surface area (Å²) < 4.78 is 0.673. The second-order valence-corrected chi connectivity index (χ2v) is 6.27. The molecule has 2 rings (SSSR count). The zero-order chi connectivity index (χ0) is 14.4. The number of hydrogen-bond donors (Lipinski definition) is 1. The highest BCUT2D eigenvalue weighted by atomic mass is 127. The molecule has 0 radical (unpaired) electrons. The molecule has 6 heteroatoms. The zero-order valence-corrected chi connectivity index (χ0v) is 13.6. The van der Waals surface area contributed by atoms with Crippen LogP contribution in [0, 0.1) is 13.7 Å². The summed E-state index contributed by atoms with van der Waals surface area (Å²) in [5, 5.41) is 14.1. The van der Waals surface area contributed by atoms with Crippen LogP contribution in [0.25, 0.3) is 0 Å². The molecule has 0 aliphatic carbocycles. The molecule has 0 atom stereocenters. The Kier molecular flexibility index (Phi) is 6.03. The third-order valence-electron chi connectivity index (χ3n) is 3.60. The number of nitrogens with zero attached hydrogens (tertiary/aromatic N) is 2. The average molecular weight is 389 g/mol. The molecule has 110 valence electrons. The topological polar surface area (TPSA) is 58.4 Å². The van der Waals surface area contributed by atoms with Crippen LogP contribution in [0.1, 0.15) is 25.7 Å². The van der Waals surface area contributed by atoms with Gasteiger partial charge in [-0.2, -0.15) is 0 Å². The maximum atomic E-state index is 10.8. The lowest BCUT2D eigenvalue weighted by Gasteiger charge is -2.20. The quantitative estimate of drug-likeness (QED) is 0.476. The Hall–Kier alpha value is -0.890. The molecule has 1 aromatic carbocycles. The molecular formula is C14H20IN3O2. The van der Waals surface area contributed by atoms with Crippen LogP contribution in [0.5, 0.6) is 0 Å². The van der Waals surface area contributed by atoms with Crippen molar-refractivity contribution in [3.63, 3.8) is 0 Å². The molecule has 0 bridgehead atoms. The summed E-state index contributed by atoms with van der Waals surface area (Å²) >= 11 is 2.01. The normalized spacial score (nSPS) is 16.6. The Balaban J connectivity index is 1.81. The molecule has 1 heterocycles. The van der Waals surface area contributed by atoms with E-state index in [1.807, 2.05) is 28.7 Å². The van der Waals surface area contributed by atoms with Crippen LogP contribution >= 0.6 is 22.6 Å². The molecule has 1 saturated heterocycles. The van der Waals surface area contributed by atoms with Crippen LogP contribution in [0.15, 0.2) is 18.2 Å². The molecule has 5 nitrogen and oxygen atoms in total. The standard InChI is InChI=1S/C14H20IN3O2/c15-13-11-12(5-6-14(13)18(19)20)16-7-10-17-8-3-1-2-4-9-17/h5-6,11,16H,1-4,7-10H2. The Labute approximate surface area is 133 Å². The van der Waals surface area contributed by atoms with Crippen molar-refractivity contribution < 1.29 is 4.92 Å². The number of rotatable bonds is 5. The van der Waals surface area contributed by atoms with E-state index in [4.69, 9.17) is 0 Å². The number of anilines is 1. The van der Waals surface area contributed by atoms with Crippen molar-refractivity contribution >= 4 is 34.0 Å². The van der Waals surface area contributed by atoms with E-state index in [1.165, 1.54) is 38.8 Å². The van der Waals surface area contributed by atoms with Gasteiger partial charge in [0, 0.05) is 24.8 Å². The maximum Gasteiger partial charge on any atom is 0.282 e. The first-order chi connectivity index (χ1) is 9.66. The predicted octanol–water partition coefficient (Wildman–Crippen LogP) is 3.49.